The van der Waals surface area contributed by atoms with E-state index >= 15 is 0 Å². The molecule has 0 saturated carbocycles. The SMILES string of the molecule is O=S(=O)(c1ccc(-c2cc(C(F)(F)F)[nH]n2)o1)N1CCCC2(CCNC2)C1. The lowest BCUT2D eigenvalue weighted by Crippen LogP contribution is -2.46. The van der Waals surface area contributed by atoms with E-state index in [2.05, 4.69) is 10.4 Å². The monoisotopic (exact) mass is 404 g/mol. The second-order valence-electron chi connectivity index (χ2n) is 7.15. The molecule has 2 fully saturated rings. The summed E-state index contributed by atoms with van der Waals surface area (Å²) in [5.74, 6) is -0.0328. The van der Waals surface area contributed by atoms with E-state index in [-0.39, 0.29) is 22.0 Å². The lowest BCUT2D eigenvalue weighted by atomic mass is 9.80. The predicted octanol–water partition coefficient (Wildman–Crippen LogP) is 2.45. The van der Waals surface area contributed by atoms with Gasteiger partial charge in [0.25, 0.3) is 10.0 Å². The Morgan fingerprint density at radius 2 is 2.07 bits per heavy atom. The lowest BCUT2D eigenvalue weighted by molar-refractivity contribution is -0.141. The van der Waals surface area contributed by atoms with Gasteiger partial charge in [0.05, 0.1) is 0 Å². The minimum Gasteiger partial charge on any atom is -0.442 e. The molecule has 2 aliphatic rings. The normalized spacial score (nSPS) is 24.7. The van der Waals surface area contributed by atoms with E-state index in [0.29, 0.717) is 13.1 Å². The summed E-state index contributed by atoms with van der Waals surface area (Å²) in [5.41, 5.74) is -1.17. The summed E-state index contributed by atoms with van der Waals surface area (Å²) < 4.78 is 70.7. The Bertz CT molecular complexity index is 929. The molecule has 0 aromatic carbocycles. The standard InChI is InChI=1S/C16H19F3N4O3S/c17-16(18,19)13-8-11(21-22-13)12-2-3-14(26-12)27(24,25)23-7-1-4-15(10-23)5-6-20-9-15/h2-3,8,20H,1,4-7,9-10H2,(H,21,22). The molecule has 2 aromatic rings. The number of hydrogen-bond donors (Lipinski definition) is 2. The first-order valence-electron chi connectivity index (χ1n) is 8.63. The smallest absolute Gasteiger partial charge is 0.432 e. The number of nitrogens with zero attached hydrogens (tertiary/aromatic N) is 2. The highest BCUT2D eigenvalue weighted by Crippen LogP contribution is 2.38. The van der Waals surface area contributed by atoms with E-state index in [1.165, 1.54) is 16.4 Å². The molecule has 4 rings (SSSR count). The largest absolute Gasteiger partial charge is 0.442 e. The lowest BCUT2D eigenvalue weighted by Gasteiger charge is -2.38. The number of sulfonamides is 1. The summed E-state index contributed by atoms with van der Waals surface area (Å²) in [6.07, 6.45) is -1.90. The maximum atomic E-state index is 12.9. The van der Waals surface area contributed by atoms with E-state index < -0.39 is 21.9 Å². The maximum Gasteiger partial charge on any atom is 0.432 e. The van der Waals surface area contributed by atoms with E-state index in [0.717, 1.165) is 38.4 Å². The van der Waals surface area contributed by atoms with Gasteiger partial charge in [0.1, 0.15) is 11.4 Å². The van der Waals surface area contributed by atoms with E-state index in [1.807, 2.05) is 5.10 Å². The van der Waals surface area contributed by atoms with Gasteiger partial charge in [-0.25, -0.2) is 8.42 Å². The Morgan fingerprint density at radius 1 is 1.26 bits per heavy atom. The number of hydrogen-bond acceptors (Lipinski definition) is 5. The van der Waals surface area contributed by atoms with Gasteiger partial charge < -0.3 is 9.73 Å². The van der Waals surface area contributed by atoms with Gasteiger partial charge in [0, 0.05) is 19.6 Å². The molecule has 1 spiro atoms. The van der Waals surface area contributed by atoms with Gasteiger partial charge >= 0.3 is 6.18 Å². The molecule has 0 amide bonds. The van der Waals surface area contributed by atoms with E-state index in [4.69, 9.17) is 4.42 Å². The summed E-state index contributed by atoms with van der Waals surface area (Å²) in [5, 5.41) is 8.46. The number of furan rings is 1. The highest BCUT2D eigenvalue weighted by molar-refractivity contribution is 7.89. The molecule has 2 aromatic heterocycles. The van der Waals surface area contributed by atoms with Crippen LogP contribution >= 0.6 is 0 Å². The second kappa shape index (κ2) is 6.35. The highest BCUT2D eigenvalue weighted by Gasteiger charge is 2.42. The van der Waals surface area contributed by atoms with Gasteiger partial charge in [-0.2, -0.15) is 22.6 Å². The third kappa shape index (κ3) is 3.39. The predicted molar refractivity (Wildman–Crippen MR) is 89.2 cm³/mol. The Balaban J connectivity index is 1.57. The molecule has 0 aliphatic carbocycles. The zero-order valence-electron chi connectivity index (χ0n) is 14.3. The van der Waals surface area contributed by atoms with Crippen molar-refractivity contribution in [1.29, 1.82) is 0 Å². The number of H-pyrrole nitrogens is 1. The van der Waals surface area contributed by atoms with Crippen molar-refractivity contribution in [2.75, 3.05) is 26.2 Å². The fourth-order valence-corrected chi connectivity index (χ4v) is 5.33. The van der Waals surface area contributed by atoms with Crippen molar-refractivity contribution < 1.29 is 26.0 Å². The zero-order chi connectivity index (χ0) is 19.3. The van der Waals surface area contributed by atoms with Crippen LogP contribution in [0.1, 0.15) is 25.0 Å². The van der Waals surface area contributed by atoms with Gasteiger partial charge in [-0.1, -0.05) is 0 Å². The molecule has 2 N–H and O–H groups in total. The van der Waals surface area contributed by atoms with Crippen LogP contribution < -0.4 is 5.32 Å². The minimum atomic E-state index is -4.57. The molecule has 1 unspecified atom stereocenters. The quantitative estimate of drug-likeness (QED) is 0.820. The second-order valence-corrected chi connectivity index (χ2v) is 9.02. The van der Waals surface area contributed by atoms with Crippen LogP contribution in [0.25, 0.3) is 11.5 Å². The highest BCUT2D eigenvalue weighted by atomic mass is 32.2. The number of aromatic nitrogens is 2. The number of alkyl halides is 3. The molecular formula is C16H19F3N4O3S. The molecule has 27 heavy (non-hydrogen) atoms. The molecular weight excluding hydrogens is 385 g/mol. The average Bonchev–Trinajstić information content (AvgIpc) is 3.34. The first kappa shape index (κ1) is 18.5. The minimum absolute atomic E-state index is 0.0328. The van der Waals surface area contributed by atoms with Crippen molar-refractivity contribution in [2.45, 2.75) is 30.5 Å². The molecule has 2 saturated heterocycles. The summed E-state index contributed by atoms with van der Waals surface area (Å²) in [4.78, 5) is 0. The first-order chi connectivity index (χ1) is 12.7. The van der Waals surface area contributed by atoms with Crippen LogP contribution in [0.2, 0.25) is 0 Å². The summed E-state index contributed by atoms with van der Waals surface area (Å²) in [6.45, 7) is 2.48. The van der Waals surface area contributed by atoms with Gasteiger partial charge in [0.2, 0.25) is 5.09 Å². The van der Waals surface area contributed by atoms with Crippen LogP contribution in [0.5, 0.6) is 0 Å². The third-order valence-corrected chi connectivity index (χ3v) is 6.99. The molecule has 2 aliphatic heterocycles. The summed E-state index contributed by atoms with van der Waals surface area (Å²) in [6, 6.07) is 3.37. The van der Waals surface area contributed by atoms with Crippen molar-refractivity contribution in [3.63, 3.8) is 0 Å². The summed E-state index contributed by atoms with van der Waals surface area (Å²) in [7, 11) is -3.86. The van der Waals surface area contributed by atoms with Crippen molar-refractivity contribution in [3.05, 3.63) is 23.9 Å². The van der Waals surface area contributed by atoms with Gasteiger partial charge in [0.15, 0.2) is 5.76 Å². The molecule has 4 heterocycles. The number of nitrogens with one attached hydrogen (secondary N) is 2. The van der Waals surface area contributed by atoms with Crippen molar-refractivity contribution >= 4 is 10.0 Å². The fourth-order valence-electron chi connectivity index (χ4n) is 3.83. The molecule has 7 nitrogen and oxygen atoms in total. The number of rotatable bonds is 3. The Labute approximate surface area is 154 Å². The molecule has 11 heteroatoms. The van der Waals surface area contributed by atoms with Crippen molar-refractivity contribution in [2.24, 2.45) is 5.41 Å². The Hall–Kier alpha value is -1.85. The number of aromatic amines is 1. The average molecular weight is 404 g/mol. The van der Waals surface area contributed by atoms with Crippen LogP contribution in [0, 0.1) is 5.41 Å². The number of piperidine rings is 1. The molecule has 1 atom stereocenters. The van der Waals surface area contributed by atoms with Crippen LogP contribution in [0.3, 0.4) is 0 Å². The Kier molecular flexibility index (Phi) is 4.35. The van der Waals surface area contributed by atoms with Gasteiger partial charge in [-0.05, 0) is 49.4 Å². The van der Waals surface area contributed by atoms with Crippen LogP contribution in [0.4, 0.5) is 13.2 Å². The Morgan fingerprint density at radius 3 is 2.74 bits per heavy atom. The zero-order valence-corrected chi connectivity index (χ0v) is 15.2. The third-order valence-electron chi connectivity index (χ3n) is 5.27. The van der Waals surface area contributed by atoms with Gasteiger partial charge in [-0.3, -0.25) is 5.10 Å². The van der Waals surface area contributed by atoms with E-state index in [1.54, 1.807) is 0 Å². The maximum absolute atomic E-state index is 12.9. The van der Waals surface area contributed by atoms with Crippen LogP contribution in [0.15, 0.2) is 27.7 Å². The number of halogens is 3. The molecule has 148 valence electrons. The van der Waals surface area contributed by atoms with Crippen molar-refractivity contribution in [3.8, 4) is 11.5 Å². The van der Waals surface area contributed by atoms with Gasteiger partial charge in [-0.15, -0.1) is 0 Å². The van der Waals surface area contributed by atoms with Crippen LogP contribution in [-0.2, 0) is 16.2 Å². The van der Waals surface area contributed by atoms with E-state index in [9.17, 15) is 21.6 Å². The summed E-state index contributed by atoms with van der Waals surface area (Å²) >= 11 is 0. The molecule has 0 radical (unpaired) electrons. The van der Waals surface area contributed by atoms with Crippen LogP contribution in [-0.4, -0.2) is 49.1 Å². The topological polar surface area (TPSA) is 91.2 Å². The first-order valence-corrected chi connectivity index (χ1v) is 10.1. The molecule has 0 bridgehead atoms. The fraction of sp³-hybridized carbons (Fsp3) is 0.562. The van der Waals surface area contributed by atoms with Crippen molar-refractivity contribution in [1.82, 2.24) is 19.8 Å².